The summed E-state index contributed by atoms with van der Waals surface area (Å²) in [6.07, 6.45) is 1.69. The molecule has 2 heteroatoms. The standard InChI is InChI=1S/C12H8N2/c1-9(8-13)10-6-7-14-12-5-3-2-4-11(10)12/h2-7H,1H2. The van der Waals surface area contributed by atoms with E-state index in [1.165, 1.54) is 0 Å². The summed E-state index contributed by atoms with van der Waals surface area (Å²) in [5, 5.41) is 9.75. The van der Waals surface area contributed by atoms with Gasteiger partial charge in [-0.25, -0.2) is 0 Å². The summed E-state index contributed by atoms with van der Waals surface area (Å²) in [7, 11) is 0. The van der Waals surface area contributed by atoms with Crippen molar-refractivity contribution in [1.82, 2.24) is 4.98 Å². The van der Waals surface area contributed by atoms with Crippen molar-refractivity contribution in [1.29, 1.82) is 5.26 Å². The van der Waals surface area contributed by atoms with E-state index in [2.05, 4.69) is 17.6 Å². The Morgan fingerprint density at radius 3 is 2.86 bits per heavy atom. The van der Waals surface area contributed by atoms with Gasteiger partial charge in [0, 0.05) is 17.1 Å². The maximum atomic E-state index is 8.78. The van der Waals surface area contributed by atoms with Crippen molar-refractivity contribution in [3.63, 3.8) is 0 Å². The molecule has 0 aliphatic rings. The lowest BCUT2D eigenvalue weighted by molar-refractivity contribution is 1.40. The van der Waals surface area contributed by atoms with Gasteiger partial charge >= 0.3 is 0 Å². The number of rotatable bonds is 1. The van der Waals surface area contributed by atoms with Crippen molar-refractivity contribution < 1.29 is 0 Å². The molecule has 0 fully saturated rings. The number of nitriles is 1. The Morgan fingerprint density at radius 1 is 1.29 bits per heavy atom. The normalized spacial score (nSPS) is 9.64. The highest BCUT2D eigenvalue weighted by molar-refractivity contribution is 5.94. The average Bonchev–Trinajstić information content (AvgIpc) is 2.27. The Morgan fingerprint density at radius 2 is 2.07 bits per heavy atom. The number of benzene rings is 1. The van der Waals surface area contributed by atoms with E-state index in [4.69, 9.17) is 5.26 Å². The number of pyridine rings is 1. The van der Waals surface area contributed by atoms with Crippen LogP contribution in [0.1, 0.15) is 5.56 Å². The largest absolute Gasteiger partial charge is 0.256 e. The van der Waals surface area contributed by atoms with Crippen LogP contribution in [0.25, 0.3) is 16.5 Å². The lowest BCUT2D eigenvalue weighted by atomic mass is 10.0. The third-order valence-corrected chi connectivity index (χ3v) is 2.11. The molecule has 0 amide bonds. The average molecular weight is 180 g/mol. The fourth-order valence-electron chi connectivity index (χ4n) is 1.42. The predicted molar refractivity (Wildman–Crippen MR) is 56.4 cm³/mol. The highest BCUT2D eigenvalue weighted by atomic mass is 14.6. The van der Waals surface area contributed by atoms with Crippen LogP contribution in [0.15, 0.2) is 43.1 Å². The van der Waals surface area contributed by atoms with Crippen LogP contribution in [0.4, 0.5) is 0 Å². The zero-order chi connectivity index (χ0) is 9.97. The van der Waals surface area contributed by atoms with Crippen molar-refractivity contribution in [3.8, 4) is 6.07 Å². The third-order valence-electron chi connectivity index (χ3n) is 2.11. The van der Waals surface area contributed by atoms with Crippen molar-refractivity contribution in [2.24, 2.45) is 0 Å². The Hall–Kier alpha value is -2.14. The first kappa shape index (κ1) is 8.46. The minimum Gasteiger partial charge on any atom is -0.256 e. The Labute approximate surface area is 82.1 Å². The summed E-state index contributed by atoms with van der Waals surface area (Å²) >= 11 is 0. The predicted octanol–water partition coefficient (Wildman–Crippen LogP) is 2.77. The van der Waals surface area contributed by atoms with Crippen LogP contribution in [0, 0.1) is 11.3 Å². The van der Waals surface area contributed by atoms with Crippen LogP contribution in [-0.2, 0) is 0 Å². The second-order valence-corrected chi connectivity index (χ2v) is 2.97. The lowest BCUT2D eigenvalue weighted by Crippen LogP contribution is -1.85. The lowest BCUT2D eigenvalue weighted by Gasteiger charge is -2.02. The molecule has 2 nitrogen and oxygen atoms in total. The first-order valence-electron chi connectivity index (χ1n) is 4.26. The topological polar surface area (TPSA) is 36.7 Å². The summed E-state index contributed by atoms with van der Waals surface area (Å²) < 4.78 is 0. The molecule has 0 aliphatic heterocycles. The maximum absolute atomic E-state index is 8.78. The quantitative estimate of drug-likeness (QED) is 0.633. The molecule has 1 aromatic carbocycles. The van der Waals surface area contributed by atoms with Crippen LogP contribution in [0.3, 0.4) is 0 Å². The molecular weight excluding hydrogens is 172 g/mol. The van der Waals surface area contributed by atoms with Gasteiger partial charge < -0.3 is 0 Å². The van der Waals surface area contributed by atoms with Gasteiger partial charge in [0.15, 0.2) is 0 Å². The second kappa shape index (κ2) is 3.31. The molecule has 0 saturated heterocycles. The van der Waals surface area contributed by atoms with Gasteiger partial charge in [0.05, 0.1) is 17.2 Å². The number of hydrogen-bond donors (Lipinski definition) is 0. The smallest absolute Gasteiger partial charge is 0.0991 e. The molecule has 0 aliphatic carbocycles. The third kappa shape index (κ3) is 1.25. The van der Waals surface area contributed by atoms with Crippen molar-refractivity contribution >= 4 is 16.5 Å². The van der Waals surface area contributed by atoms with E-state index >= 15 is 0 Å². The van der Waals surface area contributed by atoms with Gasteiger partial charge in [-0.15, -0.1) is 0 Å². The molecule has 66 valence electrons. The zero-order valence-electron chi connectivity index (χ0n) is 7.57. The van der Waals surface area contributed by atoms with E-state index in [0.29, 0.717) is 5.57 Å². The van der Waals surface area contributed by atoms with Crippen molar-refractivity contribution in [2.75, 3.05) is 0 Å². The van der Waals surface area contributed by atoms with Crippen molar-refractivity contribution in [2.45, 2.75) is 0 Å². The molecule has 14 heavy (non-hydrogen) atoms. The van der Waals surface area contributed by atoms with E-state index in [1.807, 2.05) is 30.3 Å². The van der Waals surface area contributed by atoms with Crippen LogP contribution >= 0.6 is 0 Å². The van der Waals surface area contributed by atoms with E-state index < -0.39 is 0 Å². The molecule has 1 heterocycles. The molecule has 0 N–H and O–H groups in total. The molecule has 2 aromatic rings. The summed E-state index contributed by atoms with van der Waals surface area (Å²) in [4.78, 5) is 4.21. The fraction of sp³-hybridized carbons (Fsp3) is 0. The maximum Gasteiger partial charge on any atom is 0.0991 e. The zero-order valence-corrected chi connectivity index (χ0v) is 7.57. The minimum atomic E-state index is 0.476. The Balaban J connectivity index is 2.79. The highest BCUT2D eigenvalue weighted by Crippen LogP contribution is 2.21. The SMILES string of the molecule is C=C(C#N)c1ccnc2ccccc12. The molecule has 0 unspecified atom stereocenters. The molecular formula is C12H8N2. The van der Waals surface area contributed by atoms with E-state index in [0.717, 1.165) is 16.5 Å². The Bertz CT molecular complexity index is 530. The molecule has 0 saturated carbocycles. The summed E-state index contributed by atoms with van der Waals surface area (Å²) in [6.45, 7) is 3.70. The van der Waals surface area contributed by atoms with Gasteiger partial charge in [0.1, 0.15) is 0 Å². The van der Waals surface area contributed by atoms with Gasteiger partial charge in [-0.2, -0.15) is 5.26 Å². The van der Waals surface area contributed by atoms with Crippen LogP contribution in [0.5, 0.6) is 0 Å². The highest BCUT2D eigenvalue weighted by Gasteiger charge is 2.03. The number of allylic oxidation sites excluding steroid dienone is 1. The molecule has 1 aromatic heterocycles. The number of nitrogens with zero attached hydrogens (tertiary/aromatic N) is 2. The molecule has 0 atom stereocenters. The summed E-state index contributed by atoms with van der Waals surface area (Å²) in [5.41, 5.74) is 2.23. The Kier molecular flexibility index (Phi) is 2.00. The van der Waals surface area contributed by atoms with Crippen LogP contribution in [-0.4, -0.2) is 4.98 Å². The monoisotopic (exact) mass is 180 g/mol. The summed E-state index contributed by atoms with van der Waals surface area (Å²) in [5.74, 6) is 0. The molecule has 0 radical (unpaired) electrons. The second-order valence-electron chi connectivity index (χ2n) is 2.97. The minimum absolute atomic E-state index is 0.476. The number of fused-ring (bicyclic) bond motifs is 1. The van der Waals surface area contributed by atoms with Crippen molar-refractivity contribution in [3.05, 3.63) is 48.7 Å². The van der Waals surface area contributed by atoms with Gasteiger partial charge in [0.25, 0.3) is 0 Å². The van der Waals surface area contributed by atoms with Crippen LogP contribution in [0.2, 0.25) is 0 Å². The van der Waals surface area contributed by atoms with Crippen LogP contribution < -0.4 is 0 Å². The first-order chi connectivity index (χ1) is 6.83. The van der Waals surface area contributed by atoms with Gasteiger partial charge in [-0.05, 0) is 12.1 Å². The van der Waals surface area contributed by atoms with E-state index in [1.54, 1.807) is 6.20 Å². The summed E-state index contributed by atoms with van der Waals surface area (Å²) in [6, 6.07) is 11.6. The molecule has 2 rings (SSSR count). The van der Waals surface area contributed by atoms with Gasteiger partial charge in [0.2, 0.25) is 0 Å². The number of hydrogen-bond acceptors (Lipinski definition) is 2. The fourth-order valence-corrected chi connectivity index (χ4v) is 1.42. The van der Waals surface area contributed by atoms with Gasteiger partial charge in [-0.1, -0.05) is 24.8 Å². The van der Waals surface area contributed by atoms with Gasteiger partial charge in [-0.3, -0.25) is 4.98 Å². The number of para-hydroxylation sites is 1. The number of aromatic nitrogens is 1. The first-order valence-corrected chi connectivity index (χ1v) is 4.26. The van der Waals surface area contributed by atoms with E-state index in [-0.39, 0.29) is 0 Å². The van der Waals surface area contributed by atoms with E-state index in [9.17, 15) is 0 Å². The molecule has 0 bridgehead atoms. The molecule has 0 spiro atoms.